The number of nitrogens with one attached hydrogen (secondary N) is 1. The fourth-order valence-corrected chi connectivity index (χ4v) is 3.19. The topological polar surface area (TPSA) is 32.3 Å². The quantitative estimate of drug-likeness (QED) is 0.915. The van der Waals surface area contributed by atoms with Gasteiger partial charge in [0.25, 0.3) is 0 Å². The van der Waals surface area contributed by atoms with Crippen LogP contribution < -0.4 is 10.2 Å². The van der Waals surface area contributed by atoms with E-state index in [9.17, 15) is 4.79 Å². The zero-order valence-electron chi connectivity index (χ0n) is 12.1. The molecule has 1 aliphatic rings. The highest BCUT2D eigenvalue weighted by Gasteiger charge is 2.31. The van der Waals surface area contributed by atoms with Crippen LogP contribution in [0, 0.1) is 0 Å². The molecule has 1 amide bonds. The lowest BCUT2D eigenvalue weighted by atomic mass is 10.1. The Bertz CT molecular complexity index is 671. The number of rotatable bonds is 4. The zero-order chi connectivity index (χ0) is 14.8. The average molecular weight is 347 g/mol. The summed E-state index contributed by atoms with van der Waals surface area (Å²) in [6.07, 6.45) is 1.94. The molecule has 110 valence electrons. The smallest absolute Gasteiger partial charge is 0.244 e. The highest BCUT2D eigenvalue weighted by atomic mass is 79.9. The first-order valence-corrected chi connectivity index (χ1v) is 8.22. The van der Waals surface area contributed by atoms with Crippen molar-refractivity contribution in [2.45, 2.75) is 25.8 Å². The molecular weight excluding hydrogens is 328 g/mol. The summed E-state index contributed by atoms with van der Waals surface area (Å²) < 4.78 is 1.07. The van der Waals surface area contributed by atoms with Crippen molar-refractivity contribution in [3.63, 3.8) is 0 Å². The molecule has 21 heavy (non-hydrogen) atoms. The summed E-state index contributed by atoms with van der Waals surface area (Å²) in [6, 6.07) is 12.4. The Morgan fingerprint density at radius 2 is 2.00 bits per heavy atom. The lowest BCUT2D eigenvalue weighted by Crippen LogP contribution is -2.38. The number of benzene rings is 2. The standard InChI is InChI=1S/C17H19BrN2O/c1-2-8-19-16-7-9-20(17(16)21)15-6-4-12-10-14(18)5-3-13(12)11-15/h3-6,10-11,16,19H,2,7-9H2,1H3. The Labute approximate surface area is 133 Å². The van der Waals surface area contributed by atoms with Gasteiger partial charge >= 0.3 is 0 Å². The predicted molar refractivity (Wildman–Crippen MR) is 90.7 cm³/mol. The second-order valence-electron chi connectivity index (χ2n) is 5.46. The molecule has 1 aliphatic heterocycles. The van der Waals surface area contributed by atoms with Gasteiger partial charge in [-0.05, 0) is 54.4 Å². The summed E-state index contributed by atoms with van der Waals surface area (Å²) in [5, 5.41) is 5.67. The third-order valence-corrected chi connectivity index (χ3v) is 4.44. The molecule has 0 spiro atoms. The first-order valence-electron chi connectivity index (χ1n) is 7.43. The second-order valence-corrected chi connectivity index (χ2v) is 6.38. The van der Waals surface area contributed by atoms with Crippen LogP contribution in [0.1, 0.15) is 19.8 Å². The van der Waals surface area contributed by atoms with Gasteiger partial charge in [0.2, 0.25) is 5.91 Å². The molecule has 1 heterocycles. The molecule has 3 rings (SSSR count). The van der Waals surface area contributed by atoms with Crippen LogP contribution in [0.15, 0.2) is 40.9 Å². The van der Waals surface area contributed by atoms with Gasteiger partial charge in [-0.1, -0.05) is 35.0 Å². The van der Waals surface area contributed by atoms with E-state index >= 15 is 0 Å². The number of fused-ring (bicyclic) bond motifs is 1. The predicted octanol–water partition coefficient (Wildman–Crippen LogP) is 3.71. The lowest BCUT2D eigenvalue weighted by molar-refractivity contribution is -0.118. The van der Waals surface area contributed by atoms with E-state index in [2.05, 4.69) is 52.4 Å². The first kappa shape index (κ1) is 14.5. The second kappa shape index (κ2) is 6.16. The van der Waals surface area contributed by atoms with Crippen molar-refractivity contribution in [2.24, 2.45) is 0 Å². The molecule has 0 bridgehead atoms. The monoisotopic (exact) mass is 346 g/mol. The van der Waals surface area contributed by atoms with Crippen LogP contribution in [0.4, 0.5) is 5.69 Å². The number of halogens is 1. The molecular formula is C17H19BrN2O. The van der Waals surface area contributed by atoms with E-state index in [1.54, 1.807) is 0 Å². The van der Waals surface area contributed by atoms with Gasteiger partial charge in [0.15, 0.2) is 0 Å². The summed E-state index contributed by atoms with van der Waals surface area (Å²) in [5.74, 6) is 0.194. The van der Waals surface area contributed by atoms with Gasteiger partial charge in [0.05, 0.1) is 6.04 Å². The largest absolute Gasteiger partial charge is 0.311 e. The third-order valence-electron chi connectivity index (χ3n) is 3.94. The minimum absolute atomic E-state index is 0.0226. The van der Waals surface area contributed by atoms with E-state index in [-0.39, 0.29) is 11.9 Å². The highest BCUT2D eigenvalue weighted by molar-refractivity contribution is 9.10. The Balaban J connectivity index is 1.84. The summed E-state index contributed by atoms with van der Waals surface area (Å²) in [4.78, 5) is 14.4. The minimum atomic E-state index is -0.0226. The van der Waals surface area contributed by atoms with Gasteiger partial charge in [0.1, 0.15) is 0 Å². The number of nitrogens with zero attached hydrogens (tertiary/aromatic N) is 1. The van der Waals surface area contributed by atoms with Gasteiger partial charge in [-0.3, -0.25) is 4.79 Å². The van der Waals surface area contributed by atoms with E-state index in [4.69, 9.17) is 0 Å². The number of hydrogen-bond donors (Lipinski definition) is 1. The van der Waals surface area contributed by atoms with Crippen LogP contribution in [0.2, 0.25) is 0 Å². The van der Waals surface area contributed by atoms with Gasteiger partial charge < -0.3 is 10.2 Å². The van der Waals surface area contributed by atoms with Crippen molar-refractivity contribution >= 4 is 38.3 Å². The molecule has 4 heteroatoms. The molecule has 1 unspecified atom stereocenters. The van der Waals surface area contributed by atoms with Crippen LogP contribution in [0.3, 0.4) is 0 Å². The van der Waals surface area contributed by atoms with Crippen LogP contribution in [-0.2, 0) is 4.79 Å². The molecule has 1 fully saturated rings. The molecule has 0 aromatic heterocycles. The fraction of sp³-hybridized carbons (Fsp3) is 0.353. The van der Waals surface area contributed by atoms with Crippen molar-refractivity contribution < 1.29 is 4.79 Å². The Kier molecular flexibility index (Phi) is 4.27. The van der Waals surface area contributed by atoms with E-state index in [0.717, 1.165) is 41.5 Å². The van der Waals surface area contributed by atoms with Gasteiger partial charge in [0, 0.05) is 16.7 Å². The summed E-state index contributed by atoms with van der Waals surface area (Å²) in [6.45, 7) is 3.81. The Morgan fingerprint density at radius 3 is 2.81 bits per heavy atom. The van der Waals surface area contributed by atoms with Gasteiger partial charge in [-0.15, -0.1) is 0 Å². The first-order chi connectivity index (χ1) is 10.2. The molecule has 2 aromatic rings. The maximum Gasteiger partial charge on any atom is 0.244 e. The number of anilines is 1. The average Bonchev–Trinajstić information content (AvgIpc) is 2.85. The summed E-state index contributed by atoms with van der Waals surface area (Å²) >= 11 is 3.49. The zero-order valence-corrected chi connectivity index (χ0v) is 13.7. The molecule has 0 radical (unpaired) electrons. The van der Waals surface area contributed by atoms with E-state index < -0.39 is 0 Å². The third kappa shape index (κ3) is 2.97. The Morgan fingerprint density at radius 1 is 1.24 bits per heavy atom. The maximum atomic E-state index is 12.5. The Hall–Kier alpha value is -1.39. The lowest BCUT2D eigenvalue weighted by Gasteiger charge is -2.18. The van der Waals surface area contributed by atoms with Crippen molar-refractivity contribution in [1.29, 1.82) is 0 Å². The number of hydrogen-bond acceptors (Lipinski definition) is 2. The van der Waals surface area contributed by atoms with Crippen molar-refractivity contribution in [3.05, 3.63) is 40.9 Å². The van der Waals surface area contributed by atoms with Crippen LogP contribution in [0.25, 0.3) is 10.8 Å². The fourth-order valence-electron chi connectivity index (χ4n) is 2.82. The molecule has 2 aromatic carbocycles. The molecule has 0 saturated carbocycles. The molecule has 1 atom stereocenters. The molecule has 1 saturated heterocycles. The number of carbonyl (C=O) groups excluding carboxylic acids is 1. The highest BCUT2D eigenvalue weighted by Crippen LogP contribution is 2.27. The van der Waals surface area contributed by atoms with Crippen molar-refractivity contribution in [2.75, 3.05) is 18.0 Å². The maximum absolute atomic E-state index is 12.5. The van der Waals surface area contributed by atoms with E-state index in [1.165, 1.54) is 5.39 Å². The minimum Gasteiger partial charge on any atom is -0.311 e. The van der Waals surface area contributed by atoms with Crippen LogP contribution in [-0.4, -0.2) is 25.0 Å². The summed E-state index contributed by atoms with van der Waals surface area (Å²) in [7, 11) is 0. The molecule has 1 N–H and O–H groups in total. The van der Waals surface area contributed by atoms with Crippen LogP contribution >= 0.6 is 15.9 Å². The summed E-state index contributed by atoms with van der Waals surface area (Å²) in [5.41, 5.74) is 0.996. The molecule has 3 nitrogen and oxygen atoms in total. The van der Waals surface area contributed by atoms with E-state index in [1.807, 2.05) is 17.0 Å². The molecule has 0 aliphatic carbocycles. The normalized spacial score (nSPS) is 18.7. The van der Waals surface area contributed by atoms with Crippen molar-refractivity contribution in [1.82, 2.24) is 5.32 Å². The van der Waals surface area contributed by atoms with E-state index in [0.29, 0.717) is 0 Å². The number of amides is 1. The SMILES string of the molecule is CCCNC1CCN(c2ccc3cc(Br)ccc3c2)C1=O. The van der Waals surface area contributed by atoms with Crippen molar-refractivity contribution in [3.8, 4) is 0 Å². The van der Waals surface area contributed by atoms with Gasteiger partial charge in [-0.2, -0.15) is 0 Å². The van der Waals surface area contributed by atoms with Crippen LogP contribution in [0.5, 0.6) is 0 Å². The number of carbonyl (C=O) groups is 1. The van der Waals surface area contributed by atoms with Gasteiger partial charge in [-0.25, -0.2) is 0 Å².